The molecule has 2 N–H and O–H groups in total. The van der Waals surface area contributed by atoms with Gasteiger partial charge in [-0.25, -0.2) is 4.98 Å². The minimum atomic E-state index is -0.358. The first kappa shape index (κ1) is 15.1. The number of nitrogen functional groups attached to an aromatic ring is 1. The van der Waals surface area contributed by atoms with Crippen molar-refractivity contribution in [3.63, 3.8) is 0 Å². The minimum Gasteiger partial charge on any atom is -0.399 e. The molecule has 0 atom stereocenters. The van der Waals surface area contributed by atoms with E-state index in [0.717, 1.165) is 18.9 Å². The zero-order chi connectivity index (χ0) is 16.4. The predicted octanol–water partition coefficient (Wildman–Crippen LogP) is 2.21. The van der Waals surface area contributed by atoms with Gasteiger partial charge in [-0.3, -0.25) is 10.1 Å². The van der Waals surface area contributed by atoms with E-state index in [1.165, 1.54) is 11.6 Å². The summed E-state index contributed by atoms with van der Waals surface area (Å²) in [6, 6.07) is 8.74. The Kier molecular flexibility index (Phi) is 4.01. The van der Waals surface area contributed by atoms with Crippen LogP contribution in [-0.4, -0.2) is 36.1 Å². The second-order valence-electron chi connectivity index (χ2n) is 5.67. The highest BCUT2D eigenvalue weighted by molar-refractivity contribution is 5.69. The molecule has 0 radical (unpaired) electrons. The molecule has 0 aliphatic carbocycles. The molecule has 7 nitrogen and oxygen atoms in total. The first-order chi connectivity index (χ1) is 11.0. The van der Waals surface area contributed by atoms with E-state index in [4.69, 9.17) is 5.73 Å². The maximum Gasteiger partial charge on any atom is 0.292 e. The van der Waals surface area contributed by atoms with Gasteiger partial charge in [-0.05, 0) is 36.8 Å². The number of pyridine rings is 1. The van der Waals surface area contributed by atoms with Crippen LogP contribution in [0.5, 0.6) is 0 Å². The number of benzene rings is 1. The quantitative estimate of drug-likeness (QED) is 0.531. The molecule has 1 aliphatic rings. The molecule has 1 aromatic heterocycles. The number of nitrogens with zero attached hydrogens (tertiary/aromatic N) is 4. The van der Waals surface area contributed by atoms with Crippen LogP contribution in [0, 0.1) is 17.0 Å². The van der Waals surface area contributed by atoms with Crippen molar-refractivity contribution in [2.45, 2.75) is 6.92 Å². The number of nitro benzene ring substituents is 1. The van der Waals surface area contributed by atoms with Gasteiger partial charge in [0.1, 0.15) is 11.5 Å². The summed E-state index contributed by atoms with van der Waals surface area (Å²) in [6.07, 6.45) is 1.81. The van der Waals surface area contributed by atoms with Gasteiger partial charge in [0.25, 0.3) is 5.69 Å². The molecule has 1 aliphatic heterocycles. The number of hydrogen-bond donors (Lipinski definition) is 1. The lowest BCUT2D eigenvalue weighted by Gasteiger charge is -2.36. The summed E-state index contributed by atoms with van der Waals surface area (Å²) in [5, 5.41) is 11.2. The van der Waals surface area contributed by atoms with Crippen molar-refractivity contribution in [3.05, 3.63) is 52.2 Å². The fourth-order valence-electron chi connectivity index (χ4n) is 2.82. The summed E-state index contributed by atoms with van der Waals surface area (Å²) >= 11 is 0. The van der Waals surface area contributed by atoms with Crippen molar-refractivity contribution >= 4 is 22.9 Å². The third-order valence-electron chi connectivity index (χ3n) is 4.04. The second kappa shape index (κ2) is 6.12. The van der Waals surface area contributed by atoms with Crippen molar-refractivity contribution < 1.29 is 4.92 Å². The van der Waals surface area contributed by atoms with Crippen molar-refractivity contribution in [1.29, 1.82) is 0 Å². The monoisotopic (exact) mass is 313 g/mol. The van der Waals surface area contributed by atoms with Gasteiger partial charge in [-0.15, -0.1) is 0 Å². The van der Waals surface area contributed by atoms with Crippen LogP contribution in [0.3, 0.4) is 0 Å². The molecule has 1 saturated heterocycles. The lowest BCUT2D eigenvalue weighted by atomic mass is 10.2. The molecule has 23 heavy (non-hydrogen) atoms. The zero-order valence-corrected chi connectivity index (χ0v) is 13.0. The maximum absolute atomic E-state index is 11.2. The summed E-state index contributed by atoms with van der Waals surface area (Å²) in [6.45, 7) is 4.96. The Morgan fingerprint density at radius 2 is 1.83 bits per heavy atom. The number of anilines is 3. The molecule has 1 aromatic carbocycles. The molecular weight excluding hydrogens is 294 g/mol. The number of nitrogens with two attached hydrogens (primary N) is 1. The second-order valence-corrected chi connectivity index (χ2v) is 5.67. The summed E-state index contributed by atoms with van der Waals surface area (Å²) in [4.78, 5) is 19.5. The van der Waals surface area contributed by atoms with Crippen LogP contribution in [0.4, 0.5) is 22.9 Å². The summed E-state index contributed by atoms with van der Waals surface area (Å²) < 4.78 is 0. The molecule has 0 spiro atoms. The summed E-state index contributed by atoms with van der Waals surface area (Å²) in [5.74, 6) is 0.951. The Labute approximate surface area is 134 Å². The van der Waals surface area contributed by atoms with Crippen molar-refractivity contribution in [2.75, 3.05) is 41.7 Å². The zero-order valence-electron chi connectivity index (χ0n) is 13.0. The van der Waals surface area contributed by atoms with Crippen LogP contribution < -0.4 is 15.5 Å². The first-order valence-electron chi connectivity index (χ1n) is 7.51. The van der Waals surface area contributed by atoms with Crippen LogP contribution in [0.25, 0.3) is 0 Å². The average molecular weight is 313 g/mol. The molecule has 120 valence electrons. The topological polar surface area (TPSA) is 88.5 Å². The molecule has 3 rings (SSSR count). The van der Waals surface area contributed by atoms with Gasteiger partial charge in [0.2, 0.25) is 0 Å². The van der Waals surface area contributed by atoms with E-state index in [-0.39, 0.29) is 10.6 Å². The first-order valence-corrected chi connectivity index (χ1v) is 7.51. The van der Waals surface area contributed by atoms with Gasteiger partial charge in [0.15, 0.2) is 0 Å². The smallest absolute Gasteiger partial charge is 0.292 e. The largest absolute Gasteiger partial charge is 0.399 e. The highest BCUT2D eigenvalue weighted by Crippen LogP contribution is 2.31. The third-order valence-corrected chi connectivity index (χ3v) is 4.04. The van der Waals surface area contributed by atoms with E-state index >= 15 is 0 Å². The number of aromatic nitrogens is 1. The summed E-state index contributed by atoms with van der Waals surface area (Å²) in [5.41, 5.74) is 8.19. The van der Waals surface area contributed by atoms with Crippen LogP contribution in [-0.2, 0) is 0 Å². The number of rotatable bonds is 3. The van der Waals surface area contributed by atoms with E-state index in [1.807, 2.05) is 17.9 Å². The molecule has 0 saturated carbocycles. The highest BCUT2D eigenvalue weighted by Gasteiger charge is 2.24. The van der Waals surface area contributed by atoms with E-state index in [2.05, 4.69) is 16.0 Å². The molecule has 0 unspecified atom stereocenters. The molecule has 2 aromatic rings. The van der Waals surface area contributed by atoms with Gasteiger partial charge >= 0.3 is 0 Å². The van der Waals surface area contributed by atoms with Crippen molar-refractivity contribution in [2.24, 2.45) is 0 Å². The van der Waals surface area contributed by atoms with Gasteiger partial charge in [0.05, 0.1) is 4.92 Å². The average Bonchev–Trinajstić information content (AvgIpc) is 2.54. The number of hydrogen-bond acceptors (Lipinski definition) is 6. The SMILES string of the molecule is Cc1ccnc(N2CCN(c3cc(N)ccc3[N+](=O)[O-])CC2)c1. The standard InChI is InChI=1S/C16H19N5O2/c1-12-4-5-18-16(10-12)20-8-6-19(7-9-20)15-11-13(17)2-3-14(15)21(22)23/h2-5,10-11H,6-9,17H2,1H3. The van der Waals surface area contributed by atoms with Crippen molar-refractivity contribution in [1.82, 2.24) is 4.98 Å². The van der Waals surface area contributed by atoms with E-state index in [1.54, 1.807) is 18.3 Å². The third kappa shape index (κ3) is 3.18. The Morgan fingerprint density at radius 3 is 2.48 bits per heavy atom. The van der Waals surface area contributed by atoms with Crippen LogP contribution in [0.15, 0.2) is 36.5 Å². The maximum atomic E-state index is 11.2. The van der Waals surface area contributed by atoms with Gasteiger partial charge in [-0.1, -0.05) is 0 Å². The Bertz CT molecular complexity index is 726. The lowest BCUT2D eigenvalue weighted by Crippen LogP contribution is -2.47. The molecule has 2 heterocycles. The van der Waals surface area contributed by atoms with Gasteiger partial charge < -0.3 is 15.5 Å². The normalized spacial score (nSPS) is 14.8. The Balaban J connectivity index is 1.77. The van der Waals surface area contributed by atoms with Crippen LogP contribution >= 0.6 is 0 Å². The van der Waals surface area contributed by atoms with Crippen molar-refractivity contribution in [3.8, 4) is 0 Å². The predicted molar refractivity (Wildman–Crippen MR) is 90.9 cm³/mol. The molecule has 7 heteroatoms. The van der Waals surface area contributed by atoms with Crippen LogP contribution in [0.1, 0.15) is 5.56 Å². The summed E-state index contributed by atoms with van der Waals surface area (Å²) in [7, 11) is 0. The van der Waals surface area contributed by atoms with Crippen LogP contribution in [0.2, 0.25) is 0 Å². The van der Waals surface area contributed by atoms with E-state index in [0.29, 0.717) is 24.5 Å². The fourth-order valence-corrected chi connectivity index (χ4v) is 2.82. The number of piperazine rings is 1. The van der Waals surface area contributed by atoms with E-state index in [9.17, 15) is 10.1 Å². The highest BCUT2D eigenvalue weighted by atomic mass is 16.6. The molecule has 0 bridgehead atoms. The molecule has 1 fully saturated rings. The number of nitro groups is 1. The molecule has 0 amide bonds. The Hall–Kier alpha value is -2.83. The molecular formula is C16H19N5O2. The van der Waals surface area contributed by atoms with E-state index < -0.39 is 0 Å². The fraction of sp³-hybridized carbons (Fsp3) is 0.312. The van der Waals surface area contributed by atoms with Gasteiger partial charge in [-0.2, -0.15) is 0 Å². The minimum absolute atomic E-state index is 0.0985. The Morgan fingerprint density at radius 1 is 1.13 bits per heavy atom. The lowest BCUT2D eigenvalue weighted by molar-refractivity contribution is -0.384. The van der Waals surface area contributed by atoms with Gasteiger partial charge in [0, 0.05) is 44.1 Å². The number of aryl methyl sites for hydroxylation is 1.